The Labute approximate surface area is 161 Å². The lowest BCUT2D eigenvalue weighted by Crippen LogP contribution is -2.34. The molecule has 0 unspecified atom stereocenters. The van der Waals surface area contributed by atoms with Crippen molar-refractivity contribution < 1.29 is 13.2 Å². The van der Waals surface area contributed by atoms with E-state index in [1.807, 2.05) is 31.2 Å². The Morgan fingerprint density at radius 1 is 1.15 bits per heavy atom. The molecule has 1 N–H and O–H groups in total. The van der Waals surface area contributed by atoms with Crippen LogP contribution in [0, 0.1) is 0 Å². The molecule has 27 heavy (non-hydrogen) atoms. The van der Waals surface area contributed by atoms with E-state index in [9.17, 15) is 13.2 Å². The van der Waals surface area contributed by atoms with Crippen molar-refractivity contribution in [2.75, 3.05) is 15.9 Å². The van der Waals surface area contributed by atoms with E-state index in [0.717, 1.165) is 35.2 Å². The molecule has 0 fully saturated rings. The van der Waals surface area contributed by atoms with Gasteiger partial charge in [-0.1, -0.05) is 32.0 Å². The van der Waals surface area contributed by atoms with Crippen LogP contribution in [0.2, 0.25) is 0 Å². The van der Waals surface area contributed by atoms with Crippen LogP contribution in [0.1, 0.15) is 47.8 Å². The van der Waals surface area contributed by atoms with Crippen molar-refractivity contribution in [2.24, 2.45) is 0 Å². The molecule has 0 spiro atoms. The average Bonchev–Trinajstić information content (AvgIpc) is 2.96. The fourth-order valence-corrected chi connectivity index (χ4v) is 5.10. The largest absolute Gasteiger partial charge is 0.321 e. The number of hydrogen-bond donors (Lipinski definition) is 1. The smallest absolute Gasteiger partial charge is 0.255 e. The molecule has 1 atom stereocenters. The Morgan fingerprint density at radius 2 is 1.78 bits per heavy atom. The van der Waals surface area contributed by atoms with Crippen molar-refractivity contribution in [1.82, 2.24) is 0 Å². The Bertz CT molecular complexity index is 961. The number of carbonyl (C=O) groups is 1. The molecule has 2 aromatic rings. The summed E-state index contributed by atoms with van der Waals surface area (Å²) in [4.78, 5) is 12.9. The van der Waals surface area contributed by atoms with Gasteiger partial charge >= 0.3 is 0 Å². The third kappa shape index (κ3) is 3.72. The molecule has 6 heteroatoms. The fraction of sp³-hybridized carbons (Fsp3) is 0.381. The summed E-state index contributed by atoms with van der Waals surface area (Å²) < 4.78 is 25.5. The van der Waals surface area contributed by atoms with E-state index in [-0.39, 0.29) is 11.9 Å². The molecule has 1 aliphatic heterocycles. The van der Waals surface area contributed by atoms with E-state index in [1.165, 1.54) is 10.6 Å². The van der Waals surface area contributed by atoms with Gasteiger partial charge in [0.05, 0.1) is 11.9 Å². The molecule has 1 heterocycles. The second-order valence-corrected chi connectivity index (χ2v) is 8.93. The van der Waals surface area contributed by atoms with E-state index in [4.69, 9.17) is 0 Å². The van der Waals surface area contributed by atoms with E-state index in [2.05, 4.69) is 19.2 Å². The van der Waals surface area contributed by atoms with Crippen LogP contribution in [-0.2, 0) is 29.3 Å². The van der Waals surface area contributed by atoms with Gasteiger partial charge in [-0.2, -0.15) is 0 Å². The lowest BCUT2D eigenvalue weighted by atomic mass is 10.0. The molecule has 2 aromatic carbocycles. The Morgan fingerprint density at radius 3 is 2.33 bits per heavy atom. The molecule has 0 bridgehead atoms. The Kier molecular flexibility index (Phi) is 5.29. The zero-order valence-electron chi connectivity index (χ0n) is 16.2. The highest BCUT2D eigenvalue weighted by Gasteiger charge is 2.32. The molecule has 0 saturated carbocycles. The first-order valence-corrected chi connectivity index (χ1v) is 11.2. The van der Waals surface area contributed by atoms with Crippen LogP contribution in [0.4, 0.5) is 11.4 Å². The van der Waals surface area contributed by atoms with Crippen LogP contribution in [0.25, 0.3) is 0 Å². The second-order valence-electron chi connectivity index (χ2n) is 7.07. The van der Waals surface area contributed by atoms with Gasteiger partial charge in [0.25, 0.3) is 5.91 Å². The minimum atomic E-state index is -3.33. The number of sulfonamides is 1. The number of carbonyl (C=O) groups excluding carboxylic acids is 1. The van der Waals surface area contributed by atoms with E-state index in [1.54, 1.807) is 12.1 Å². The van der Waals surface area contributed by atoms with Crippen molar-refractivity contribution in [3.8, 4) is 0 Å². The van der Waals surface area contributed by atoms with Gasteiger partial charge in [0.15, 0.2) is 0 Å². The molecule has 5 nitrogen and oxygen atoms in total. The average molecular weight is 387 g/mol. The summed E-state index contributed by atoms with van der Waals surface area (Å²) in [6.45, 7) is 6.02. The van der Waals surface area contributed by atoms with Gasteiger partial charge in [-0.25, -0.2) is 8.42 Å². The molecular weight excluding hydrogens is 360 g/mol. The van der Waals surface area contributed by atoms with Crippen LogP contribution in [0.5, 0.6) is 0 Å². The zero-order chi connectivity index (χ0) is 19.8. The fourth-order valence-electron chi connectivity index (χ4n) is 3.84. The maximum atomic E-state index is 12.9. The first kappa shape index (κ1) is 19.4. The van der Waals surface area contributed by atoms with Gasteiger partial charge in [-0.05, 0) is 61.1 Å². The maximum absolute atomic E-state index is 12.9. The lowest BCUT2D eigenvalue weighted by Gasteiger charge is -2.22. The van der Waals surface area contributed by atoms with E-state index < -0.39 is 10.0 Å². The molecule has 3 rings (SSSR count). The molecule has 0 radical (unpaired) electrons. The Hall–Kier alpha value is -2.34. The van der Waals surface area contributed by atoms with Crippen molar-refractivity contribution in [2.45, 2.75) is 46.1 Å². The molecular formula is C21H26N2O3S. The lowest BCUT2D eigenvalue weighted by molar-refractivity contribution is 0.102. The first-order valence-electron chi connectivity index (χ1n) is 9.30. The molecule has 144 valence electrons. The summed E-state index contributed by atoms with van der Waals surface area (Å²) in [7, 11) is -3.33. The van der Waals surface area contributed by atoms with Crippen LogP contribution in [0.3, 0.4) is 0 Å². The molecule has 0 aromatic heterocycles. The molecule has 0 saturated heterocycles. The predicted octanol–water partition coefficient (Wildman–Crippen LogP) is 3.77. The highest BCUT2D eigenvalue weighted by molar-refractivity contribution is 7.92. The van der Waals surface area contributed by atoms with Gasteiger partial charge < -0.3 is 5.32 Å². The monoisotopic (exact) mass is 386 g/mol. The number of rotatable bonds is 5. The summed E-state index contributed by atoms with van der Waals surface area (Å²) in [5, 5.41) is 3.07. The van der Waals surface area contributed by atoms with E-state index in [0.29, 0.717) is 17.7 Å². The number of aryl methyl sites for hydroxylation is 2. The topological polar surface area (TPSA) is 66.5 Å². The number of benzene rings is 2. The number of hydrogen-bond acceptors (Lipinski definition) is 3. The number of nitrogens with one attached hydrogen (secondary N) is 1. The van der Waals surface area contributed by atoms with Gasteiger partial charge in [-0.3, -0.25) is 9.10 Å². The minimum Gasteiger partial charge on any atom is -0.321 e. The Balaban J connectivity index is 1.92. The molecule has 0 aliphatic carbocycles. The number of nitrogens with zero attached hydrogens (tertiary/aromatic N) is 1. The number of para-hydroxylation sites is 1. The van der Waals surface area contributed by atoms with Crippen LogP contribution < -0.4 is 9.62 Å². The third-order valence-corrected chi connectivity index (χ3v) is 6.36. The molecule has 1 amide bonds. The normalized spacial score (nSPS) is 16.3. The van der Waals surface area contributed by atoms with Crippen LogP contribution in [-0.4, -0.2) is 26.6 Å². The maximum Gasteiger partial charge on any atom is 0.255 e. The second kappa shape index (κ2) is 7.35. The SMILES string of the molecule is CCc1cccc(CC)c1NC(=O)c1ccc2c(c1)C[C@H](C)N2S(C)(=O)=O. The summed E-state index contributed by atoms with van der Waals surface area (Å²) in [6.07, 6.45) is 3.51. The summed E-state index contributed by atoms with van der Waals surface area (Å²) >= 11 is 0. The van der Waals surface area contributed by atoms with Crippen molar-refractivity contribution in [3.05, 3.63) is 58.7 Å². The number of amides is 1. The highest BCUT2D eigenvalue weighted by Crippen LogP contribution is 2.35. The summed E-state index contributed by atoms with van der Waals surface area (Å²) in [6, 6.07) is 11.2. The van der Waals surface area contributed by atoms with Gasteiger partial charge in [0.2, 0.25) is 10.0 Å². The van der Waals surface area contributed by atoms with E-state index >= 15 is 0 Å². The predicted molar refractivity (Wildman–Crippen MR) is 110 cm³/mol. The quantitative estimate of drug-likeness (QED) is 0.850. The highest BCUT2D eigenvalue weighted by atomic mass is 32.2. The standard InChI is InChI=1S/C21H26N2O3S/c1-5-15-8-7-9-16(6-2)20(15)22-21(24)17-10-11-19-18(13-17)12-14(3)23(19)27(4,25)26/h7-11,13-14H,5-6,12H2,1-4H3,(H,22,24)/t14-/m0/s1. The van der Waals surface area contributed by atoms with Crippen molar-refractivity contribution in [1.29, 1.82) is 0 Å². The summed E-state index contributed by atoms with van der Waals surface area (Å²) in [5.41, 5.74) is 5.22. The van der Waals surface area contributed by atoms with Crippen molar-refractivity contribution in [3.63, 3.8) is 0 Å². The van der Waals surface area contributed by atoms with Gasteiger partial charge in [0.1, 0.15) is 0 Å². The van der Waals surface area contributed by atoms with Crippen molar-refractivity contribution >= 4 is 27.3 Å². The number of anilines is 2. The summed E-state index contributed by atoms with van der Waals surface area (Å²) in [5.74, 6) is -0.168. The first-order chi connectivity index (χ1) is 12.8. The van der Waals surface area contributed by atoms with Crippen LogP contribution in [0.15, 0.2) is 36.4 Å². The molecule has 1 aliphatic rings. The van der Waals surface area contributed by atoms with Crippen LogP contribution >= 0.6 is 0 Å². The zero-order valence-corrected chi connectivity index (χ0v) is 17.1. The van der Waals surface area contributed by atoms with Gasteiger partial charge in [-0.15, -0.1) is 0 Å². The number of fused-ring (bicyclic) bond motifs is 1. The third-order valence-electron chi connectivity index (χ3n) is 5.09. The minimum absolute atomic E-state index is 0.138. The van der Waals surface area contributed by atoms with Gasteiger partial charge in [0, 0.05) is 17.3 Å².